The van der Waals surface area contributed by atoms with E-state index in [2.05, 4.69) is 50.2 Å². The molecule has 1 heteroatoms. The molecule has 0 N–H and O–H groups in total. The highest BCUT2D eigenvalue weighted by Crippen LogP contribution is 2.30. The smallest absolute Gasteiger partial charge is 0.201 e. The average Bonchev–Trinajstić information content (AvgIpc) is 2.58. The summed E-state index contributed by atoms with van der Waals surface area (Å²) in [4.78, 5) is 0. The minimum absolute atomic E-state index is 0.402. The van der Waals surface area contributed by atoms with Crippen LogP contribution in [0.2, 0.25) is 0 Å². The molecule has 0 aliphatic carbocycles. The summed E-state index contributed by atoms with van der Waals surface area (Å²) in [6.45, 7) is 4.00. The fourth-order valence-electron chi connectivity index (χ4n) is 3.04. The van der Waals surface area contributed by atoms with Gasteiger partial charge in [-0.25, -0.2) is 4.57 Å². The maximum atomic E-state index is 7.71. The van der Waals surface area contributed by atoms with Crippen molar-refractivity contribution < 1.29 is 8.68 Å². The zero-order valence-corrected chi connectivity index (χ0v) is 14.1. The van der Waals surface area contributed by atoms with Gasteiger partial charge < -0.3 is 0 Å². The zero-order valence-electron chi connectivity index (χ0n) is 17.1. The molecule has 116 valence electrons. The van der Waals surface area contributed by atoms with E-state index in [0.717, 1.165) is 16.8 Å². The summed E-state index contributed by atoms with van der Waals surface area (Å²) < 4.78 is 25.0. The molecule has 3 rings (SSSR count). The summed E-state index contributed by atoms with van der Waals surface area (Å²) in [5, 5.41) is 0. The van der Waals surface area contributed by atoms with Crippen LogP contribution in [0.5, 0.6) is 0 Å². The first-order valence-corrected chi connectivity index (χ1v) is 7.86. The van der Waals surface area contributed by atoms with Crippen LogP contribution in [0.25, 0.3) is 22.4 Å². The molecule has 3 aromatic rings. The molecule has 0 aliphatic heterocycles. The molecule has 1 heterocycles. The highest BCUT2D eigenvalue weighted by atomic mass is 14.9. The van der Waals surface area contributed by atoms with E-state index in [9.17, 15) is 0 Å². The van der Waals surface area contributed by atoms with Crippen LogP contribution in [0.3, 0.4) is 0 Å². The SMILES string of the molecule is [2H]C([2H])([2H])c1c[n+](C)c(-c2cc(C)c(-c3ccccc3)cc2C)cc1C. The summed E-state index contributed by atoms with van der Waals surface area (Å²) in [5.74, 6) is 0. The summed E-state index contributed by atoms with van der Waals surface area (Å²) in [6, 6.07) is 16.8. The van der Waals surface area contributed by atoms with Crippen molar-refractivity contribution in [3.8, 4) is 22.4 Å². The fourth-order valence-corrected chi connectivity index (χ4v) is 3.04. The normalized spacial score (nSPS) is 13.3. The van der Waals surface area contributed by atoms with Gasteiger partial charge in [-0.1, -0.05) is 36.4 Å². The quantitative estimate of drug-likeness (QED) is 0.581. The number of rotatable bonds is 2. The molecule has 0 amide bonds. The van der Waals surface area contributed by atoms with Crippen LogP contribution in [0.15, 0.2) is 54.7 Å². The van der Waals surface area contributed by atoms with Crippen LogP contribution in [0.1, 0.15) is 26.4 Å². The molecule has 0 spiro atoms. The molecule has 0 saturated heterocycles. The van der Waals surface area contributed by atoms with E-state index in [4.69, 9.17) is 4.11 Å². The van der Waals surface area contributed by atoms with Crippen molar-refractivity contribution >= 4 is 0 Å². The van der Waals surface area contributed by atoms with Crippen molar-refractivity contribution in [1.82, 2.24) is 0 Å². The van der Waals surface area contributed by atoms with Crippen molar-refractivity contribution in [1.29, 1.82) is 0 Å². The third-order valence-corrected chi connectivity index (χ3v) is 4.41. The number of hydrogen-bond donors (Lipinski definition) is 0. The minimum Gasteiger partial charge on any atom is -0.201 e. The second-order valence-corrected chi connectivity index (χ2v) is 6.21. The number of aryl methyl sites for hydroxylation is 5. The Balaban J connectivity index is 2.14. The Kier molecular flexibility index (Phi) is 3.15. The lowest BCUT2D eigenvalue weighted by Crippen LogP contribution is -2.31. The van der Waals surface area contributed by atoms with Gasteiger partial charge in [-0.3, -0.25) is 0 Å². The molecule has 0 bridgehead atoms. The molecule has 1 aromatic heterocycles. The molecule has 0 radical (unpaired) electrons. The monoisotopic (exact) mass is 305 g/mol. The van der Waals surface area contributed by atoms with Crippen LogP contribution < -0.4 is 4.57 Å². The Morgan fingerprint density at radius 2 is 1.43 bits per heavy atom. The van der Waals surface area contributed by atoms with Gasteiger partial charge in [-0.15, -0.1) is 0 Å². The van der Waals surface area contributed by atoms with Crippen LogP contribution >= 0.6 is 0 Å². The highest BCUT2D eigenvalue weighted by molar-refractivity contribution is 5.74. The van der Waals surface area contributed by atoms with Gasteiger partial charge in [0.25, 0.3) is 0 Å². The summed E-state index contributed by atoms with van der Waals surface area (Å²) in [6.07, 6.45) is 1.73. The molecule has 2 aromatic carbocycles. The van der Waals surface area contributed by atoms with E-state index in [1.165, 1.54) is 22.3 Å². The van der Waals surface area contributed by atoms with Crippen molar-refractivity contribution in [3.05, 3.63) is 77.0 Å². The summed E-state index contributed by atoms with van der Waals surface area (Å²) >= 11 is 0. The van der Waals surface area contributed by atoms with E-state index in [0.29, 0.717) is 5.56 Å². The van der Waals surface area contributed by atoms with Gasteiger partial charge in [0.05, 0.1) is 0 Å². The topological polar surface area (TPSA) is 3.88 Å². The largest absolute Gasteiger partial charge is 0.212 e. The molecule has 0 unspecified atom stereocenters. The first-order chi connectivity index (χ1) is 12.2. The maximum absolute atomic E-state index is 7.71. The molecular formula is C22H24N+. The lowest BCUT2D eigenvalue weighted by atomic mass is 9.93. The van der Waals surface area contributed by atoms with E-state index in [-0.39, 0.29) is 0 Å². The van der Waals surface area contributed by atoms with E-state index in [1.54, 1.807) is 6.20 Å². The highest BCUT2D eigenvalue weighted by Gasteiger charge is 2.16. The molecule has 0 fully saturated rings. The minimum atomic E-state index is -2.09. The lowest BCUT2D eigenvalue weighted by molar-refractivity contribution is -0.660. The summed E-state index contributed by atoms with van der Waals surface area (Å²) in [5.41, 5.74) is 8.16. The molecule has 0 atom stereocenters. The van der Waals surface area contributed by atoms with Crippen LogP contribution in [0.4, 0.5) is 0 Å². The fraction of sp³-hybridized carbons (Fsp3) is 0.227. The van der Waals surface area contributed by atoms with Crippen LogP contribution in [-0.2, 0) is 7.05 Å². The predicted octanol–water partition coefficient (Wildman–Crippen LogP) is 5.08. The van der Waals surface area contributed by atoms with Gasteiger partial charge in [-0.05, 0) is 61.5 Å². The van der Waals surface area contributed by atoms with Gasteiger partial charge >= 0.3 is 0 Å². The number of aromatic nitrogens is 1. The maximum Gasteiger partial charge on any atom is 0.212 e. The molecule has 1 nitrogen and oxygen atoms in total. The van der Waals surface area contributed by atoms with Gasteiger partial charge in [-0.2, -0.15) is 0 Å². The van der Waals surface area contributed by atoms with E-state index < -0.39 is 6.85 Å². The van der Waals surface area contributed by atoms with Gasteiger partial charge in [0, 0.05) is 21.3 Å². The van der Waals surface area contributed by atoms with E-state index >= 15 is 0 Å². The molecule has 0 aliphatic rings. The second kappa shape index (κ2) is 6.00. The first kappa shape index (κ1) is 12.1. The van der Waals surface area contributed by atoms with E-state index in [1.807, 2.05) is 30.7 Å². The number of benzene rings is 2. The lowest BCUT2D eigenvalue weighted by Gasteiger charge is -2.12. The van der Waals surface area contributed by atoms with Crippen molar-refractivity contribution in [2.75, 3.05) is 0 Å². The predicted molar refractivity (Wildman–Crippen MR) is 97.4 cm³/mol. The Morgan fingerprint density at radius 1 is 0.783 bits per heavy atom. The van der Waals surface area contributed by atoms with Crippen LogP contribution in [-0.4, -0.2) is 0 Å². The standard InChI is InChI=1S/C22H24N/c1-15-13-22(23(5)14-18(15)4)21-12-16(2)20(11-17(21)3)19-9-7-6-8-10-19/h6-14H,1-5H3/q+1/i4D3. The van der Waals surface area contributed by atoms with Gasteiger partial charge in [0.2, 0.25) is 5.69 Å². The van der Waals surface area contributed by atoms with Crippen molar-refractivity contribution in [2.24, 2.45) is 7.05 Å². The summed E-state index contributed by atoms with van der Waals surface area (Å²) in [7, 11) is 1.91. The van der Waals surface area contributed by atoms with Gasteiger partial charge in [0.15, 0.2) is 6.20 Å². The zero-order chi connectivity index (χ0) is 19.1. The first-order valence-electron chi connectivity index (χ1n) is 9.36. The number of nitrogens with zero attached hydrogens (tertiary/aromatic N) is 1. The molecular weight excluding hydrogens is 278 g/mol. The van der Waals surface area contributed by atoms with Crippen molar-refractivity contribution in [2.45, 2.75) is 27.6 Å². The number of hydrogen-bond acceptors (Lipinski definition) is 0. The third kappa shape index (κ3) is 2.92. The second-order valence-electron chi connectivity index (χ2n) is 6.21. The number of pyridine rings is 1. The Hall–Kier alpha value is -2.41. The van der Waals surface area contributed by atoms with Gasteiger partial charge in [0.1, 0.15) is 7.05 Å². The Morgan fingerprint density at radius 3 is 2.13 bits per heavy atom. The average molecular weight is 305 g/mol. The third-order valence-electron chi connectivity index (χ3n) is 4.41. The Bertz CT molecular complexity index is 957. The molecule has 0 saturated carbocycles. The molecule has 23 heavy (non-hydrogen) atoms. The van der Waals surface area contributed by atoms with Crippen molar-refractivity contribution in [3.63, 3.8) is 0 Å². The van der Waals surface area contributed by atoms with Crippen LogP contribution in [0, 0.1) is 27.6 Å². The Labute approximate surface area is 143 Å².